The molecule has 0 aliphatic heterocycles. The summed E-state index contributed by atoms with van der Waals surface area (Å²) in [5.41, 5.74) is -0.183. The van der Waals surface area contributed by atoms with E-state index in [4.69, 9.17) is 0 Å². The molecule has 0 aromatic rings. The van der Waals surface area contributed by atoms with Crippen LogP contribution in [0.4, 0.5) is 0 Å². The van der Waals surface area contributed by atoms with Crippen molar-refractivity contribution >= 4 is 5.91 Å². The molecule has 0 bridgehead atoms. The molecular weight excluding hydrogens is 338 g/mol. The summed E-state index contributed by atoms with van der Waals surface area (Å²) in [6, 6.07) is 0. The van der Waals surface area contributed by atoms with Gasteiger partial charge in [-0.05, 0) is 34.1 Å². The summed E-state index contributed by atoms with van der Waals surface area (Å²) in [5.74, 6) is -0.0764. The van der Waals surface area contributed by atoms with E-state index in [9.17, 15) is 9.90 Å². The quantitative estimate of drug-likeness (QED) is 0.339. The molecule has 1 amide bonds. The summed E-state index contributed by atoms with van der Waals surface area (Å²) in [6.07, 6.45) is 1.88. The zero-order valence-corrected chi connectivity index (χ0v) is 17.5. The van der Waals surface area contributed by atoms with Crippen molar-refractivity contribution in [3.05, 3.63) is 12.2 Å². The predicted octanol–water partition coefficient (Wildman–Crippen LogP) is 3.68. The van der Waals surface area contributed by atoms with Gasteiger partial charge in [-0.3, -0.25) is 4.79 Å². The monoisotopic (exact) mass is 391 g/mol. The van der Waals surface area contributed by atoms with Gasteiger partial charge in [0.15, 0.2) is 5.60 Å². The molecule has 5 nitrogen and oxygen atoms in total. The normalized spacial score (nSPS) is 14.0. The summed E-state index contributed by atoms with van der Waals surface area (Å²) < 4.78 is 1.47. The lowest BCUT2D eigenvalue weighted by molar-refractivity contribution is -0.950. The lowest BCUT2D eigenvalue weighted by Crippen LogP contribution is -2.64. The molecular formula is C22H53N3O2+2. The standard InChI is InChI=1S/C19H40N3O2.3CH4/c1-16(2)17(23)20-13-11-12-18(3,4)22(9,10)15-19(5,24)14-21(6,7)8;;;/h24H,1,11-15H2,2-10H3;3*1H4/q+1;;;/p+1. The predicted molar refractivity (Wildman–Crippen MR) is 122 cm³/mol. The lowest BCUT2D eigenvalue weighted by atomic mass is 9.91. The van der Waals surface area contributed by atoms with E-state index >= 15 is 0 Å². The first-order valence-electron chi connectivity index (χ1n) is 8.79. The van der Waals surface area contributed by atoms with Gasteiger partial charge in [-0.25, -0.2) is 0 Å². The molecule has 0 heterocycles. The third-order valence-corrected chi connectivity index (χ3v) is 4.83. The van der Waals surface area contributed by atoms with Crippen LogP contribution >= 0.6 is 0 Å². The third-order valence-electron chi connectivity index (χ3n) is 4.83. The molecule has 0 aliphatic carbocycles. The van der Waals surface area contributed by atoms with E-state index in [0.29, 0.717) is 25.2 Å². The van der Waals surface area contributed by atoms with Gasteiger partial charge in [0.2, 0.25) is 5.91 Å². The summed E-state index contributed by atoms with van der Waals surface area (Å²) in [4.78, 5) is 11.5. The molecule has 0 saturated heterocycles. The fourth-order valence-corrected chi connectivity index (χ4v) is 3.31. The van der Waals surface area contributed by atoms with Crippen LogP contribution in [-0.2, 0) is 4.79 Å². The summed E-state index contributed by atoms with van der Waals surface area (Å²) in [5, 5.41) is 13.7. The van der Waals surface area contributed by atoms with Gasteiger partial charge in [0.25, 0.3) is 0 Å². The molecule has 0 aromatic heterocycles. The first-order chi connectivity index (χ1) is 10.5. The number of amides is 1. The molecule has 2 N–H and O–H groups in total. The van der Waals surface area contributed by atoms with Crippen molar-refractivity contribution in [2.75, 3.05) is 54.9 Å². The van der Waals surface area contributed by atoms with E-state index in [1.807, 2.05) is 6.92 Å². The van der Waals surface area contributed by atoms with Crippen LogP contribution in [0.1, 0.15) is 62.8 Å². The van der Waals surface area contributed by atoms with E-state index in [0.717, 1.165) is 21.8 Å². The Morgan fingerprint density at radius 3 is 1.81 bits per heavy atom. The number of carbonyl (C=O) groups excluding carboxylic acids is 1. The molecule has 0 aliphatic rings. The SMILES string of the molecule is C.C.C.C=C(C)C(=O)NCCCC(C)(C)[N+](C)(C)CC(C)(O)C[N+](C)(C)C. The van der Waals surface area contributed by atoms with Crippen LogP contribution in [0.2, 0.25) is 0 Å². The number of quaternary nitrogens is 2. The molecule has 0 saturated carbocycles. The minimum Gasteiger partial charge on any atom is -0.379 e. The second kappa shape index (κ2) is 11.8. The molecule has 0 spiro atoms. The number of hydrogen-bond acceptors (Lipinski definition) is 2. The molecule has 27 heavy (non-hydrogen) atoms. The van der Waals surface area contributed by atoms with Gasteiger partial charge in [0, 0.05) is 18.5 Å². The van der Waals surface area contributed by atoms with Crippen molar-refractivity contribution in [3.8, 4) is 0 Å². The molecule has 5 heteroatoms. The molecule has 1 unspecified atom stereocenters. The van der Waals surface area contributed by atoms with E-state index < -0.39 is 5.60 Å². The Kier molecular flexibility index (Phi) is 14.7. The Balaban J connectivity index is -0.000000882. The fourth-order valence-electron chi connectivity index (χ4n) is 3.31. The maximum atomic E-state index is 11.5. The Labute approximate surface area is 171 Å². The van der Waals surface area contributed by atoms with E-state index in [1.165, 1.54) is 0 Å². The number of rotatable bonds is 10. The summed E-state index contributed by atoms with van der Waals surface area (Å²) in [7, 11) is 10.7. The highest BCUT2D eigenvalue weighted by Gasteiger charge is 2.43. The first-order valence-corrected chi connectivity index (χ1v) is 8.79. The Morgan fingerprint density at radius 1 is 1.00 bits per heavy atom. The molecule has 0 radical (unpaired) electrons. The van der Waals surface area contributed by atoms with Crippen LogP contribution in [0.5, 0.6) is 0 Å². The second-order valence-electron chi connectivity index (χ2n) is 9.74. The number of carbonyl (C=O) groups is 1. The number of nitrogens with zero attached hydrogens (tertiary/aromatic N) is 2. The molecule has 0 rings (SSSR count). The zero-order chi connectivity index (χ0) is 19.4. The van der Waals surface area contributed by atoms with Crippen molar-refractivity contribution in [2.24, 2.45) is 0 Å². The molecule has 0 aromatic carbocycles. The molecule has 0 fully saturated rings. The second-order valence-corrected chi connectivity index (χ2v) is 9.74. The van der Waals surface area contributed by atoms with Crippen LogP contribution < -0.4 is 5.32 Å². The van der Waals surface area contributed by atoms with Gasteiger partial charge in [-0.15, -0.1) is 0 Å². The number of aliphatic hydroxyl groups is 1. The highest BCUT2D eigenvalue weighted by atomic mass is 16.3. The maximum Gasteiger partial charge on any atom is 0.246 e. The van der Waals surface area contributed by atoms with Gasteiger partial charge >= 0.3 is 0 Å². The van der Waals surface area contributed by atoms with Gasteiger partial charge in [-0.1, -0.05) is 28.9 Å². The average molecular weight is 392 g/mol. The first kappa shape index (κ1) is 33.7. The van der Waals surface area contributed by atoms with E-state index in [2.05, 4.69) is 61.0 Å². The zero-order valence-electron chi connectivity index (χ0n) is 17.5. The van der Waals surface area contributed by atoms with Crippen molar-refractivity contribution in [1.82, 2.24) is 5.32 Å². The van der Waals surface area contributed by atoms with Gasteiger partial charge in [0.05, 0.1) is 40.8 Å². The summed E-state index contributed by atoms with van der Waals surface area (Å²) >= 11 is 0. The van der Waals surface area contributed by atoms with Crippen LogP contribution in [0.3, 0.4) is 0 Å². The maximum absolute atomic E-state index is 11.5. The van der Waals surface area contributed by atoms with E-state index in [-0.39, 0.29) is 33.7 Å². The minimum atomic E-state index is -0.729. The third kappa shape index (κ3) is 13.0. The highest BCUT2D eigenvalue weighted by molar-refractivity contribution is 5.91. The topological polar surface area (TPSA) is 49.3 Å². The van der Waals surface area contributed by atoms with Crippen molar-refractivity contribution in [3.63, 3.8) is 0 Å². The van der Waals surface area contributed by atoms with Crippen molar-refractivity contribution in [1.29, 1.82) is 0 Å². The number of hydrogen-bond donors (Lipinski definition) is 2. The Bertz CT molecular complexity index is 447. The molecule has 166 valence electrons. The minimum absolute atomic E-state index is 0. The smallest absolute Gasteiger partial charge is 0.246 e. The van der Waals surface area contributed by atoms with E-state index in [1.54, 1.807) is 6.92 Å². The summed E-state index contributed by atoms with van der Waals surface area (Å²) in [6.45, 7) is 13.8. The Hall–Kier alpha value is -0.910. The van der Waals surface area contributed by atoms with Crippen LogP contribution in [0.15, 0.2) is 12.2 Å². The number of nitrogens with one attached hydrogen (secondary N) is 1. The molecule has 1 atom stereocenters. The van der Waals surface area contributed by atoms with Crippen LogP contribution in [0.25, 0.3) is 0 Å². The van der Waals surface area contributed by atoms with Gasteiger partial charge in [-0.2, -0.15) is 0 Å². The van der Waals surface area contributed by atoms with Gasteiger partial charge in [0.1, 0.15) is 13.1 Å². The van der Waals surface area contributed by atoms with Crippen molar-refractivity contribution < 1.29 is 18.9 Å². The largest absolute Gasteiger partial charge is 0.379 e. The van der Waals surface area contributed by atoms with Crippen molar-refractivity contribution in [2.45, 2.75) is 74.0 Å². The Morgan fingerprint density at radius 2 is 1.44 bits per heavy atom. The highest BCUT2D eigenvalue weighted by Crippen LogP contribution is 2.28. The fraction of sp³-hybridized carbons (Fsp3) is 0.864. The average Bonchev–Trinajstić information content (AvgIpc) is 2.29. The number of likely N-dealkylation sites (N-methyl/N-ethyl adjacent to an activating group) is 2. The van der Waals surface area contributed by atoms with Crippen LogP contribution in [0, 0.1) is 0 Å². The lowest BCUT2D eigenvalue weighted by Gasteiger charge is -2.48. The van der Waals surface area contributed by atoms with Gasteiger partial charge < -0.3 is 19.4 Å². The van der Waals surface area contributed by atoms with Crippen LogP contribution in [-0.4, -0.2) is 86.0 Å².